The zero-order valence-corrected chi connectivity index (χ0v) is 17.5. The standard InChI is InChI=1S/C24H23N5O/c1-5-16(4)28-13-25-22-20(24(28)30)21-23(27-18-9-7-6-8-17(18)26-21)29(22)19-12-14(2)10-11-15(19)3/h6-13,16H,5H2,1-4H3/t16-/m0/s1. The molecule has 0 fully saturated rings. The first kappa shape index (κ1) is 18.5. The van der Waals surface area contributed by atoms with Gasteiger partial charge in [-0.1, -0.05) is 31.2 Å². The molecule has 6 nitrogen and oxygen atoms in total. The summed E-state index contributed by atoms with van der Waals surface area (Å²) >= 11 is 0. The molecule has 0 spiro atoms. The quantitative estimate of drug-likeness (QED) is 0.436. The lowest BCUT2D eigenvalue weighted by Crippen LogP contribution is -2.23. The van der Waals surface area contributed by atoms with Gasteiger partial charge in [0.25, 0.3) is 5.56 Å². The summed E-state index contributed by atoms with van der Waals surface area (Å²) in [5.41, 5.74) is 6.52. The number of aryl methyl sites for hydroxylation is 2. The lowest BCUT2D eigenvalue weighted by Gasteiger charge is -2.13. The van der Waals surface area contributed by atoms with Crippen LogP contribution >= 0.6 is 0 Å². The van der Waals surface area contributed by atoms with Gasteiger partial charge < -0.3 is 0 Å². The van der Waals surface area contributed by atoms with E-state index in [-0.39, 0.29) is 11.6 Å². The van der Waals surface area contributed by atoms with Gasteiger partial charge in [0.15, 0.2) is 11.3 Å². The molecule has 0 saturated carbocycles. The Kier molecular flexibility index (Phi) is 4.17. The summed E-state index contributed by atoms with van der Waals surface area (Å²) in [5, 5.41) is 0.520. The van der Waals surface area contributed by atoms with E-state index >= 15 is 0 Å². The third kappa shape index (κ3) is 2.64. The Morgan fingerprint density at radius 3 is 2.47 bits per heavy atom. The van der Waals surface area contributed by atoms with Crippen LogP contribution in [0.4, 0.5) is 0 Å². The van der Waals surface area contributed by atoms with Crippen LogP contribution in [0.2, 0.25) is 0 Å². The minimum atomic E-state index is -0.0759. The molecule has 0 unspecified atom stereocenters. The van der Waals surface area contributed by atoms with E-state index < -0.39 is 0 Å². The summed E-state index contributed by atoms with van der Waals surface area (Å²) in [7, 11) is 0. The Morgan fingerprint density at radius 2 is 1.73 bits per heavy atom. The van der Waals surface area contributed by atoms with Crippen molar-refractivity contribution < 1.29 is 0 Å². The van der Waals surface area contributed by atoms with Crippen LogP contribution < -0.4 is 5.56 Å². The van der Waals surface area contributed by atoms with Crippen molar-refractivity contribution in [1.29, 1.82) is 0 Å². The van der Waals surface area contributed by atoms with Crippen LogP contribution in [0.5, 0.6) is 0 Å². The van der Waals surface area contributed by atoms with Crippen LogP contribution in [-0.2, 0) is 0 Å². The molecule has 0 radical (unpaired) electrons. The fourth-order valence-electron chi connectivity index (χ4n) is 3.95. The fourth-order valence-corrected chi connectivity index (χ4v) is 3.95. The molecule has 0 aliphatic heterocycles. The predicted molar refractivity (Wildman–Crippen MR) is 120 cm³/mol. The topological polar surface area (TPSA) is 65.6 Å². The van der Waals surface area contributed by atoms with Crippen LogP contribution in [0, 0.1) is 13.8 Å². The molecule has 2 aromatic carbocycles. The van der Waals surface area contributed by atoms with Gasteiger partial charge in [-0.3, -0.25) is 13.9 Å². The first-order chi connectivity index (χ1) is 14.5. The van der Waals surface area contributed by atoms with Crippen molar-refractivity contribution in [2.75, 3.05) is 0 Å². The third-order valence-electron chi connectivity index (χ3n) is 5.86. The number of rotatable bonds is 3. The number of hydrogen-bond donors (Lipinski definition) is 0. The first-order valence-electron chi connectivity index (χ1n) is 10.2. The second-order valence-electron chi connectivity index (χ2n) is 7.92. The molecule has 6 heteroatoms. The first-order valence-corrected chi connectivity index (χ1v) is 10.2. The molecule has 1 atom stereocenters. The summed E-state index contributed by atoms with van der Waals surface area (Å²) in [5.74, 6) is 0. The molecule has 0 saturated heterocycles. The maximum atomic E-state index is 13.5. The number of fused-ring (bicyclic) bond motifs is 4. The molecule has 0 amide bonds. The fraction of sp³-hybridized carbons (Fsp3) is 0.250. The van der Waals surface area contributed by atoms with Gasteiger partial charge in [0, 0.05) is 6.04 Å². The van der Waals surface area contributed by atoms with Gasteiger partial charge >= 0.3 is 0 Å². The molecule has 3 heterocycles. The minimum absolute atomic E-state index is 0.0573. The second kappa shape index (κ2) is 6.76. The SMILES string of the molecule is CC[C@H](C)n1cnc2c(c1=O)c1nc3ccccc3nc1n2-c1cc(C)ccc1C. The summed E-state index contributed by atoms with van der Waals surface area (Å²) in [6, 6.07) is 14.1. The molecular weight excluding hydrogens is 374 g/mol. The van der Waals surface area contributed by atoms with Gasteiger partial charge in [0.1, 0.15) is 17.2 Å². The molecule has 0 bridgehead atoms. The van der Waals surface area contributed by atoms with Gasteiger partial charge in [-0.2, -0.15) is 0 Å². The van der Waals surface area contributed by atoms with E-state index in [9.17, 15) is 4.79 Å². The largest absolute Gasteiger partial charge is 0.296 e. The Bertz CT molecular complexity index is 1500. The molecule has 5 aromatic rings. The highest BCUT2D eigenvalue weighted by atomic mass is 16.1. The highest BCUT2D eigenvalue weighted by Crippen LogP contribution is 2.30. The molecule has 150 valence electrons. The third-order valence-corrected chi connectivity index (χ3v) is 5.86. The van der Waals surface area contributed by atoms with Crippen LogP contribution in [0.25, 0.3) is 38.9 Å². The number of para-hydroxylation sites is 2. The highest BCUT2D eigenvalue weighted by Gasteiger charge is 2.22. The number of nitrogens with zero attached hydrogens (tertiary/aromatic N) is 5. The van der Waals surface area contributed by atoms with Gasteiger partial charge in [-0.25, -0.2) is 15.0 Å². The molecule has 0 aliphatic rings. The van der Waals surface area contributed by atoms with Crippen molar-refractivity contribution in [2.45, 2.75) is 40.2 Å². The van der Waals surface area contributed by atoms with E-state index in [2.05, 4.69) is 39.0 Å². The predicted octanol–water partition coefficient (Wildman–Crippen LogP) is 4.87. The van der Waals surface area contributed by atoms with E-state index in [0.29, 0.717) is 22.2 Å². The normalized spacial score (nSPS) is 12.8. The zero-order valence-electron chi connectivity index (χ0n) is 17.5. The Labute approximate surface area is 173 Å². The number of hydrogen-bond acceptors (Lipinski definition) is 4. The van der Waals surface area contributed by atoms with Crippen LogP contribution in [0.1, 0.15) is 37.4 Å². The average molecular weight is 397 g/mol. The molecule has 0 N–H and O–H groups in total. The van der Waals surface area contributed by atoms with Gasteiger partial charge in [-0.05, 0) is 56.5 Å². The molecular formula is C24H23N5O. The van der Waals surface area contributed by atoms with E-state index in [4.69, 9.17) is 15.0 Å². The summed E-state index contributed by atoms with van der Waals surface area (Å²) < 4.78 is 3.68. The lowest BCUT2D eigenvalue weighted by molar-refractivity contribution is 0.510. The Morgan fingerprint density at radius 1 is 1.00 bits per heavy atom. The molecule has 30 heavy (non-hydrogen) atoms. The Balaban J connectivity index is 2.02. The maximum Gasteiger partial charge on any atom is 0.265 e. The van der Waals surface area contributed by atoms with Crippen LogP contribution in [0.3, 0.4) is 0 Å². The smallest absolute Gasteiger partial charge is 0.265 e. The zero-order chi connectivity index (χ0) is 21.0. The minimum Gasteiger partial charge on any atom is -0.296 e. The van der Waals surface area contributed by atoms with Gasteiger partial charge in [-0.15, -0.1) is 0 Å². The van der Waals surface area contributed by atoms with Gasteiger partial charge in [0.2, 0.25) is 0 Å². The molecule has 5 rings (SSSR count). The van der Waals surface area contributed by atoms with Crippen molar-refractivity contribution in [1.82, 2.24) is 24.1 Å². The van der Waals surface area contributed by atoms with Crippen LogP contribution in [-0.4, -0.2) is 24.1 Å². The van der Waals surface area contributed by atoms with Crippen LogP contribution in [0.15, 0.2) is 53.6 Å². The van der Waals surface area contributed by atoms with Crippen molar-refractivity contribution in [3.63, 3.8) is 0 Å². The van der Waals surface area contributed by atoms with E-state index in [1.807, 2.05) is 35.8 Å². The Hall–Kier alpha value is -3.54. The summed E-state index contributed by atoms with van der Waals surface area (Å²) in [6.07, 6.45) is 2.50. The van der Waals surface area contributed by atoms with E-state index in [1.54, 1.807) is 10.9 Å². The number of benzene rings is 2. The summed E-state index contributed by atoms with van der Waals surface area (Å²) in [4.78, 5) is 28.0. The summed E-state index contributed by atoms with van der Waals surface area (Å²) in [6.45, 7) is 8.20. The van der Waals surface area contributed by atoms with Crippen molar-refractivity contribution in [3.8, 4) is 5.69 Å². The lowest BCUT2D eigenvalue weighted by atomic mass is 10.1. The molecule has 0 aliphatic carbocycles. The van der Waals surface area contributed by atoms with E-state index in [0.717, 1.165) is 34.3 Å². The van der Waals surface area contributed by atoms with Crippen molar-refractivity contribution >= 4 is 33.2 Å². The highest BCUT2D eigenvalue weighted by molar-refractivity contribution is 6.05. The second-order valence-corrected chi connectivity index (χ2v) is 7.92. The number of aromatic nitrogens is 5. The monoisotopic (exact) mass is 397 g/mol. The van der Waals surface area contributed by atoms with Crippen molar-refractivity contribution in [2.24, 2.45) is 0 Å². The maximum absolute atomic E-state index is 13.5. The molecule has 3 aromatic heterocycles. The van der Waals surface area contributed by atoms with Gasteiger partial charge in [0.05, 0.1) is 16.7 Å². The average Bonchev–Trinajstić information content (AvgIpc) is 3.07. The van der Waals surface area contributed by atoms with E-state index in [1.165, 1.54) is 0 Å². The van der Waals surface area contributed by atoms with Crippen molar-refractivity contribution in [3.05, 3.63) is 70.3 Å².